The van der Waals surface area contributed by atoms with Gasteiger partial charge < -0.3 is 43.3 Å². The number of carboxylic acids is 1. The Labute approximate surface area is 354 Å². The zero-order valence-corrected chi connectivity index (χ0v) is 34.1. The van der Waals surface area contributed by atoms with Crippen LogP contribution in [0.25, 0.3) is 14.5 Å². The van der Waals surface area contributed by atoms with Crippen molar-refractivity contribution < 1.29 is 43.2 Å². The van der Waals surface area contributed by atoms with E-state index in [4.69, 9.17) is 38.7 Å². The minimum Gasteiger partial charge on any atom is -0.478 e. The fraction of sp³-hybridized carbons (Fsp3) is 0.442. The first-order valence-corrected chi connectivity index (χ1v) is 19.5. The molecular weight excluding hydrogens is 862 g/mol. The van der Waals surface area contributed by atoms with Gasteiger partial charge in [0.1, 0.15) is 0 Å². The lowest BCUT2D eigenvalue weighted by Gasteiger charge is -2.27. The number of hydrogen-bond donors (Lipinski definition) is 1. The molecule has 0 atom stereocenters. The van der Waals surface area contributed by atoms with Crippen LogP contribution in [-0.2, 0) is 41.3 Å². The van der Waals surface area contributed by atoms with E-state index < -0.39 is 17.0 Å². The molecule has 0 spiro atoms. The van der Waals surface area contributed by atoms with Gasteiger partial charge in [0.15, 0.2) is 0 Å². The molecule has 3 aromatic rings. The second-order valence-electron chi connectivity index (χ2n) is 11.9. The number of carboxylic acid groups (broad SMARTS) is 1. The average molecular weight is 916 g/mol. The molecule has 14 heteroatoms. The van der Waals surface area contributed by atoms with Crippen LogP contribution in [0.2, 0.25) is 0 Å². The zero-order chi connectivity index (χ0) is 40.5. The summed E-state index contributed by atoms with van der Waals surface area (Å²) in [6, 6.07) is 20.9. The summed E-state index contributed by atoms with van der Waals surface area (Å²) < 4.78 is 25.0. The second kappa shape index (κ2) is 28.7. The minimum absolute atomic E-state index is 0. The van der Waals surface area contributed by atoms with Crippen LogP contribution in [-0.4, -0.2) is 87.5 Å². The number of methoxy groups -OCH3 is 2. The molecule has 0 bridgehead atoms. The number of ether oxygens (including phenoxy) is 5. The van der Waals surface area contributed by atoms with Crippen LogP contribution in [0.15, 0.2) is 72.8 Å². The molecular formula is C43H53Br2N3O9. The first-order chi connectivity index (χ1) is 26.6. The smallest absolute Gasteiger partial charge is 0.338 e. The normalized spacial score (nSPS) is 14.3. The van der Waals surface area contributed by atoms with Gasteiger partial charge in [0.2, 0.25) is 6.54 Å². The van der Waals surface area contributed by atoms with Crippen molar-refractivity contribution in [2.75, 3.05) is 64.5 Å². The molecule has 2 aliphatic rings. The van der Waals surface area contributed by atoms with Crippen LogP contribution in [0.3, 0.4) is 0 Å². The molecule has 0 aromatic heterocycles. The van der Waals surface area contributed by atoms with Crippen molar-refractivity contribution in [1.29, 1.82) is 0 Å². The molecule has 5 rings (SSSR count). The number of esters is 2. The Morgan fingerprint density at radius 1 is 0.667 bits per heavy atom. The molecule has 0 radical (unpaired) electrons. The Morgan fingerprint density at radius 2 is 1.05 bits per heavy atom. The van der Waals surface area contributed by atoms with E-state index in [9.17, 15) is 19.5 Å². The Balaban J connectivity index is 0.000000757. The number of alkyl halides is 2. The van der Waals surface area contributed by atoms with Crippen molar-refractivity contribution in [2.45, 2.75) is 58.2 Å². The van der Waals surface area contributed by atoms with Crippen molar-refractivity contribution in [3.8, 4) is 0 Å². The number of aromatic carboxylic acids is 1. The van der Waals surface area contributed by atoms with E-state index in [1.165, 1.54) is 14.2 Å². The van der Waals surface area contributed by atoms with Gasteiger partial charge in [0, 0.05) is 16.2 Å². The summed E-state index contributed by atoms with van der Waals surface area (Å²) in [5.74, 6) is -1.76. The summed E-state index contributed by atoms with van der Waals surface area (Å²) >= 11 is 6.48. The molecule has 2 heterocycles. The number of benzene rings is 3. The first kappa shape index (κ1) is 52.4. The van der Waals surface area contributed by atoms with Gasteiger partial charge in [0.05, 0.1) is 107 Å². The van der Waals surface area contributed by atoms with Gasteiger partial charge in [-0.25, -0.2) is 34.1 Å². The lowest BCUT2D eigenvalue weighted by molar-refractivity contribution is 0.0564. The van der Waals surface area contributed by atoms with E-state index in [-0.39, 0.29) is 38.9 Å². The van der Waals surface area contributed by atoms with E-state index in [2.05, 4.69) is 51.1 Å². The lowest BCUT2D eigenvalue weighted by Crippen LogP contribution is -2.32. The minimum atomic E-state index is -0.977. The van der Waals surface area contributed by atoms with E-state index >= 15 is 0 Å². The van der Waals surface area contributed by atoms with Crippen LogP contribution in [0.5, 0.6) is 0 Å². The number of nitrogens with zero attached hydrogens (tertiary/aromatic N) is 3. The van der Waals surface area contributed by atoms with Crippen LogP contribution >= 0.6 is 31.9 Å². The first-order valence-electron chi connectivity index (χ1n) is 17.3. The number of carbonyl (C=O) groups excluding carboxylic acids is 2. The quantitative estimate of drug-likeness (QED) is 0.0915. The van der Waals surface area contributed by atoms with Crippen molar-refractivity contribution in [3.63, 3.8) is 0 Å². The van der Waals surface area contributed by atoms with Gasteiger partial charge in [-0.05, 0) is 18.2 Å². The molecule has 3 aromatic carbocycles. The highest BCUT2D eigenvalue weighted by atomic mass is 79.9. The molecule has 2 aliphatic heterocycles. The fourth-order valence-electron chi connectivity index (χ4n) is 5.82. The fourth-order valence-corrected chi connectivity index (χ4v) is 6.27. The highest BCUT2D eigenvalue weighted by Crippen LogP contribution is 2.39. The van der Waals surface area contributed by atoms with E-state index in [0.717, 1.165) is 29.4 Å². The number of hydrogen-bond acceptors (Lipinski definition) is 8. The SMILES string of the molecule is BrCCOCCBr.C.C.[C-]#[N+]C1(c2ccccc2C(=O)O)CCOCC1.[C-]#[N+]C1(c2ccccc2C(=O)OC)CCOCC1.[C-]#[N+]Cc1ccccc1C(=O)OC. The van der Waals surface area contributed by atoms with Crippen molar-refractivity contribution in [1.82, 2.24) is 0 Å². The molecule has 12 nitrogen and oxygen atoms in total. The summed E-state index contributed by atoms with van der Waals surface area (Å²) in [6.07, 6.45) is 2.34. The summed E-state index contributed by atoms with van der Waals surface area (Å²) in [7, 11) is 2.69. The summed E-state index contributed by atoms with van der Waals surface area (Å²) in [6.45, 7) is 25.6. The molecule has 57 heavy (non-hydrogen) atoms. The zero-order valence-electron chi connectivity index (χ0n) is 30.9. The second-order valence-corrected chi connectivity index (χ2v) is 13.4. The Hall–Kier alpha value is -4.62. The monoisotopic (exact) mass is 913 g/mol. The van der Waals surface area contributed by atoms with Crippen LogP contribution in [0, 0.1) is 19.7 Å². The summed E-state index contributed by atoms with van der Waals surface area (Å²) in [4.78, 5) is 44.9. The summed E-state index contributed by atoms with van der Waals surface area (Å²) in [5, 5.41) is 11.0. The van der Waals surface area contributed by atoms with E-state index in [0.29, 0.717) is 74.4 Å². The molecule has 0 unspecified atom stereocenters. The maximum absolute atomic E-state index is 11.8. The van der Waals surface area contributed by atoms with Gasteiger partial charge >= 0.3 is 17.9 Å². The topological polar surface area (TPSA) is 131 Å². The predicted molar refractivity (Wildman–Crippen MR) is 228 cm³/mol. The average Bonchev–Trinajstić information content (AvgIpc) is 3.24. The van der Waals surface area contributed by atoms with Gasteiger partial charge in [-0.1, -0.05) is 101 Å². The maximum Gasteiger partial charge on any atom is 0.338 e. The Kier molecular flexibility index (Phi) is 26.4. The number of carbonyl (C=O) groups is 3. The number of rotatable bonds is 10. The summed E-state index contributed by atoms with van der Waals surface area (Å²) in [5.41, 5.74) is 1.89. The Morgan fingerprint density at radius 3 is 1.46 bits per heavy atom. The van der Waals surface area contributed by atoms with Gasteiger partial charge in [0.25, 0.3) is 11.1 Å². The van der Waals surface area contributed by atoms with Crippen LogP contribution < -0.4 is 0 Å². The van der Waals surface area contributed by atoms with Gasteiger partial charge in [-0.15, -0.1) is 0 Å². The van der Waals surface area contributed by atoms with Crippen molar-refractivity contribution >= 4 is 49.8 Å². The molecule has 0 saturated carbocycles. The third-order valence-corrected chi connectivity index (χ3v) is 9.32. The maximum atomic E-state index is 11.8. The molecule has 2 fully saturated rings. The van der Waals surface area contributed by atoms with Crippen molar-refractivity contribution in [2.24, 2.45) is 0 Å². The third-order valence-electron chi connectivity index (χ3n) is 8.68. The van der Waals surface area contributed by atoms with E-state index in [1.807, 2.05) is 12.1 Å². The number of halogens is 2. The van der Waals surface area contributed by atoms with Crippen LogP contribution in [0.4, 0.5) is 0 Å². The standard InChI is InChI=1S/C14H15NO3.C13H13NO3.C10H9NO2.C4H8Br2O.2CH4/c1-15-14(7-9-18-10-8-14)12-6-4-3-5-11(12)13(16)17-2;1-14-13(6-8-17-9-7-13)11-5-3-2-4-10(11)12(15)16;1-11-7-8-5-3-4-6-9(8)10(12)13-2;5-1-3-7-4-2-6;;/h3-6H,7-10H2,2H3;2-5H,6-9H2,(H,15,16);3-6H,7H2,2H3;1-4H2;2*1H4. The third kappa shape index (κ3) is 15.7. The molecule has 0 aliphatic carbocycles. The van der Waals surface area contributed by atoms with Gasteiger partial charge in [-0.3, -0.25) is 0 Å². The molecule has 1 N–H and O–H groups in total. The predicted octanol–water partition coefficient (Wildman–Crippen LogP) is 9.67. The highest BCUT2D eigenvalue weighted by molar-refractivity contribution is 9.09. The largest absolute Gasteiger partial charge is 0.478 e. The molecule has 0 amide bonds. The Bertz CT molecular complexity index is 1800. The van der Waals surface area contributed by atoms with Gasteiger partial charge in [-0.2, -0.15) is 0 Å². The highest BCUT2D eigenvalue weighted by Gasteiger charge is 2.44. The van der Waals surface area contributed by atoms with Crippen LogP contribution in [0.1, 0.15) is 88.3 Å². The lowest BCUT2D eigenvalue weighted by atomic mass is 9.81. The van der Waals surface area contributed by atoms with Crippen molar-refractivity contribution in [3.05, 3.63) is 140 Å². The van der Waals surface area contributed by atoms with E-state index in [1.54, 1.807) is 60.7 Å². The molecule has 308 valence electrons. The molecule has 2 saturated heterocycles.